The monoisotopic (exact) mass is 489 g/mol. The summed E-state index contributed by atoms with van der Waals surface area (Å²) < 4.78 is 5.47. The van der Waals surface area contributed by atoms with E-state index in [1.807, 2.05) is 39.0 Å². The molecular weight excluding hydrogens is 457 g/mol. The highest BCUT2D eigenvalue weighted by Crippen LogP contribution is 2.28. The second-order valence-electron chi connectivity index (χ2n) is 7.06. The number of hydrogen-bond acceptors (Lipinski definition) is 4. The van der Waals surface area contributed by atoms with Crippen LogP contribution in [0.1, 0.15) is 20.8 Å². The van der Waals surface area contributed by atoms with Gasteiger partial charge in [-0.3, -0.25) is 9.79 Å². The molecule has 0 aromatic heterocycles. The van der Waals surface area contributed by atoms with E-state index in [9.17, 15) is 4.79 Å². The summed E-state index contributed by atoms with van der Waals surface area (Å²) in [6.07, 6.45) is 0. The van der Waals surface area contributed by atoms with Gasteiger partial charge < -0.3 is 25.6 Å². The number of rotatable bonds is 6. The molecule has 0 bridgehead atoms. The highest BCUT2D eigenvalue weighted by Gasteiger charge is 2.26. The van der Waals surface area contributed by atoms with Gasteiger partial charge in [0.1, 0.15) is 5.75 Å². The number of primary amides is 1. The topological polar surface area (TPSA) is 83.2 Å². The molecule has 0 aliphatic carbocycles. The van der Waals surface area contributed by atoms with Crippen molar-refractivity contribution in [3.05, 3.63) is 24.3 Å². The largest absolute Gasteiger partial charge is 0.495 e. The molecule has 152 valence electrons. The lowest BCUT2D eigenvalue weighted by molar-refractivity contribution is -0.125. The van der Waals surface area contributed by atoms with Crippen LogP contribution in [-0.4, -0.2) is 63.1 Å². The molecule has 1 saturated heterocycles. The quantitative estimate of drug-likeness (QED) is 0.363. The van der Waals surface area contributed by atoms with E-state index in [2.05, 4.69) is 26.2 Å². The Kier molecular flexibility index (Phi) is 9.14. The van der Waals surface area contributed by atoms with Gasteiger partial charge in [0.2, 0.25) is 5.91 Å². The lowest BCUT2D eigenvalue weighted by Gasteiger charge is -2.38. The summed E-state index contributed by atoms with van der Waals surface area (Å²) in [5.74, 6) is 1.39. The maximum absolute atomic E-state index is 11.5. The number of aliphatic imine (C=N–C) groups is 1. The van der Waals surface area contributed by atoms with Gasteiger partial charge in [0.25, 0.3) is 0 Å². The van der Waals surface area contributed by atoms with Crippen LogP contribution in [0.25, 0.3) is 0 Å². The smallest absolute Gasteiger partial charge is 0.224 e. The molecule has 0 atom stereocenters. The van der Waals surface area contributed by atoms with Gasteiger partial charge >= 0.3 is 0 Å². The second-order valence-corrected chi connectivity index (χ2v) is 7.06. The molecule has 1 aliphatic heterocycles. The van der Waals surface area contributed by atoms with Crippen LogP contribution in [0, 0.1) is 5.41 Å². The van der Waals surface area contributed by atoms with Gasteiger partial charge in [-0.2, -0.15) is 0 Å². The van der Waals surface area contributed by atoms with E-state index in [4.69, 9.17) is 10.5 Å². The molecule has 7 nitrogen and oxygen atoms in total. The first-order chi connectivity index (χ1) is 12.4. The van der Waals surface area contributed by atoms with Gasteiger partial charge in [0, 0.05) is 32.7 Å². The van der Waals surface area contributed by atoms with Crippen molar-refractivity contribution < 1.29 is 9.53 Å². The van der Waals surface area contributed by atoms with Crippen LogP contribution in [0.3, 0.4) is 0 Å². The number of nitrogens with one attached hydrogen (secondary N) is 1. The fraction of sp³-hybridized carbons (Fsp3) is 0.579. The van der Waals surface area contributed by atoms with Crippen LogP contribution in [0.15, 0.2) is 29.3 Å². The van der Waals surface area contributed by atoms with Gasteiger partial charge in [0.15, 0.2) is 5.96 Å². The fourth-order valence-corrected chi connectivity index (χ4v) is 2.83. The minimum absolute atomic E-state index is 0. The lowest BCUT2D eigenvalue weighted by Crippen LogP contribution is -2.53. The molecule has 0 unspecified atom stereocenters. The Labute approximate surface area is 179 Å². The molecule has 0 radical (unpaired) electrons. The van der Waals surface area contributed by atoms with Gasteiger partial charge in [-0.25, -0.2) is 0 Å². The molecule has 3 N–H and O–H groups in total. The zero-order valence-electron chi connectivity index (χ0n) is 16.7. The summed E-state index contributed by atoms with van der Waals surface area (Å²) >= 11 is 0. The molecule has 0 saturated carbocycles. The molecule has 1 fully saturated rings. The molecule has 1 aromatic carbocycles. The Bertz CT molecular complexity index is 643. The molecule has 1 aliphatic rings. The number of ether oxygens (including phenoxy) is 1. The van der Waals surface area contributed by atoms with Crippen molar-refractivity contribution in [2.75, 3.05) is 51.3 Å². The van der Waals surface area contributed by atoms with Gasteiger partial charge in [-0.1, -0.05) is 12.1 Å². The maximum atomic E-state index is 11.5. The van der Waals surface area contributed by atoms with Gasteiger partial charge in [-0.15, -0.1) is 24.0 Å². The first-order valence-electron chi connectivity index (χ1n) is 9.10. The third-order valence-electron chi connectivity index (χ3n) is 4.63. The summed E-state index contributed by atoms with van der Waals surface area (Å²) in [4.78, 5) is 20.7. The molecule has 8 heteroatoms. The number of benzene rings is 1. The van der Waals surface area contributed by atoms with E-state index in [0.29, 0.717) is 6.54 Å². The van der Waals surface area contributed by atoms with Crippen molar-refractivity contribution in [2.45, 2.75) is 20.8 Å². The van der Waals surface area contributed by atoms with Crippen molar-refractivity contribution >= 4 is 41.5 Å². The predicted molar refractivity (Wildman–Crippen MR) is 121 cm³/mol. The third-order valence-corrected chi connectivity index (χ3v) is 4.63. The van der Waals surface area contributed by atoms with E-state index in [1.165, 1.54) is 0 Å². The Morgan fingerprint density at radius 2 is 1.89 bits per heavy atom. The number of carbonyl (C=O) groups excluding carboxylic acids is 1. The Balaban J connectivity index is 0.00000364. The van der Waals surface area contributed by atoms with Crippen LogP contribution in [-0.2, 0) is 4.79 Å². The van der Waals surface area contributed by atoms with E-state index in [-0.39, 0.29) is 29.9 Å². The van der Waals surface area contributed by atoms with Crippen molar-refractivity contribution in [3.63, 3.8) is 0 Å². The van der Waals surface area contributed by atoms with Crippen LogP contribution < -0.4 is 20.7 Å². The summed E-state index contributed by atoms with van der Waals surface area (Å²) in [6.45, 7) is 10.3. The van der Waals surface area contributed by atoms with E-state index in [0.717, 1.165) is 50.1 Å². The van der Waals surface area contributed by atoms with Crippen molar-refractivity contribution in [1.82, 2.24) is 10.2 Å². The van der Waals surface area contributed by atoms with E-state index < -0.39 is 5.41 Å². The number of halogens is 1. The zero-order valence-corrected chi connectivity index (χ0v) is 19.0. The second kappa shape index (κ2) is 10.6. The number of anilines is 1. The fourth-order valence-electron chi connectivity index (χ4n) is 2.83. The number of hydrogen-bond donors (Lipinski definition) is 2. The minimum atomic E-state index is -0.653. The number of carbonyl (C=O) groups is 1. The number of nitrogens with two attached hydrogens (primary N) is 1. The minimum Gasteiger partial charge on any atom is -0.495 e. The summed E-state index contributed by atoms with van der Waals surface area (Å²) in [6, 6.07) is 8.08. The Hall–Kier alpha value is -1.71. The Morgan fingerprint density at radius 1 is 1.26 bits per heavy atom. The van der Waals surface area contributed by atoms with E-state index in [1.54, 1.807) is 7.11 Å². The average molecular weight is 489 g/mol. The van der Waals surface area contributed by atoms with Gasteiger partial charge in [-0.05, 0) is 32.9 Å². The number of nitrogens with zero attached hydrogens (tertiary/aromatic N) is 3. The molecule has 1 aromatic rings. The molecule has 27 heavy (non-hydrogen) atoms. The van der Waals surface area contributed by atoms with Crippen molar-refractivity contribution in [3.8, 4) is 5.75 Å². The van der Waals surface area contributed by atoms with Crippen LogP contribution in [0.2, 0.25) is 0 Å². The third kappa shape index (κ3) is 6.15. The predicted octanol–water partition coefficient (Wildman–Crippen LogP) is 1.91. The molecule has 2 rings (SSSR count). The first-order valence-corrected chi connectivity index (χ1v) is 9.10. The summed E-state index contributed by atoms with van der Waals surface area (Å²) in [7, 11) is 1.70. The lowest BCUT2D eigenvalue weighted by atomic mass is 9.93. The highest BCUT2D eigenvalue weighted by molar-refractivity contribution is 14.0. The van der Waals surface area contributed by atoms with Crippen LogP contribution in [0.5, 0.6) is 5.75 Å². The molecular formula is C19H32IN5O2. The van der Waals surface area contributed by atoms with Gasteiger partial charge in [0.05, 0.1) is 24.8 Å². The number of amides is 1. The number of methoxy groups -OCH3 is 1. The SMILES string of the molecule is CCNC(=NCC(C)(C)C(N)=O)N1CCN(c2ccccc2OC)CC1.I. The van der Waals surface area contributed by atoms with Crippen molar-refractivity contribution in [1.29, 1.82) is 0 Å². The van der Waals surface area contributed by atoms with E-state index >= 15 is 0 Å². The maximum Gasteiger partial charge on any atom is 0.224 e. The first kappa shape index (κ1) is 23.3. The van der Waals surface area contributed by atoms with Crippen LogP contribution >= 0.6 is 24.0 Å². The summed E-state index contributed by atoms with van der Waals surface area (Å²) in [5, 5.41) is 3.32. The summed E-state index contributed by atoms with van der Waals surface area (Å²) in [5.41, 5.74) is 5.92. The molecule has 1 heterocycles. The standard InChI is InChI=1S/C19H31N5O2.HI/c1-5-21-18(22-14-19(2,3)17(20)25)24-12-10-23(11-13-24)15-8-6-7-9-16(15)26-4;/h6-9H,5,10-14H2,1-4H3,(H2,20,25)(H,21,22);1H. The zero-order chi connectivity index (χ0) is 19.2. The number of para-hydroxylation sites is 2. The highest BCUT2D eigenvalue weighted by atomic mass is 127. The normalized spacial score (nSPS) is 15.2. The van der Waals surface area contributed by atoms with Crippen LogP contribution in [0.4, 0.5) is 5.69 Å². The van der Waals surface area contributed by atoms with Crippen molar-refractivity contribution in [2.24, 2.45) is 16.1 Å². The average Bonchev–Trinajstić information content (AvgIpc) is 2.65. The Morgan fingerprint density at radius 3 is 2.44 bits per heavy atom. The molecule has 1 amide bonds. The number of piperazine rings is 1. The number of guanidine groups is 1. The molecule has 0 spiro atoms.